The van der Waals surface area contributed by atoms with E-state index in [9.17, 15) is 4.79 Å². The third kappa shape index (κ3) is 5.57. The van der Waals surface area contributed by atoms with E-state index in [1.165, 1.54) is 0 Å². The molecule has 0 aromatic rings. The molecule has 0 N–H and O–H groups in total. The van der Waals surface area contributed by atoms with E-state index >= 15 is 0 Å². The Kier molecular flexibility index (Phi) is 7.28. The van der Waals surface area contributed by atoms with E-state index in [-0.39, 0.29) is 0 Å². The lowest BCUT2D eigenvalue weighted by Gasteiger charge is -2.37. The van der Waals surface area contributed by atoms with Crippen LogP contribution in [-0.2, 0) is 4.79 Å². The zero-order valence-electron chi connectivity index (χ0n) is 10.9. The minimum absolute atomic E-state index is 0.292. The molecule has 0 rings (SSSR count). The first-order valence-electron chi connectivity index (χ1n) is 5.66. The maximum atomic E-state index is 11.2. The number of rotatable bonds is 7. The molecule has 0 aliphatic heterocycles. The quantitative estimate of drug-likeness (QED) is 0.672. The molecule has 90 valence electrons. The van der Waals surface area contributed by atoms with Crippen LogP contribution in [0.1, 0.15) is 41.0 Å². The third-order valence-corrected chi connectivity index (χ3v) is 3.21. The van der Waals surface area contributed by atoms with Crippen LogP contribution >= 0.6 is 11.8 Å². The first kappa shape index (κ1) is 15.0. The van der Waals surface area contributed by atoms with E-state index < -0.39 is 0 Å². The molecule has 0 spiro atoms. The van der Waals surface area contributed by atoms with Crippen LogP contribution in [0.2, 0.25) is 0 Å². The maximum Gasteiger partial charge on any atom is 0.131 e. The van der Waals surface area contributed by atoms with Crippen molar-refractivity contribution in [1.29, 1.82) is 0 Å². The minimum atomic E-state index is 0.292. The molecule has 1 unspecified atom stereocenters. The lowest BCUT2D eigenvalue weighted by atomic mass is 10.1. The molecule has 15 heavy (non-hydrogen) atoms. The van der Waals surface area contributed by atoms with Crippen LogP contribution in [-0.4, -0.2) is 40.8 Å². The molecular weight excluding hydrogens is 206 g/mol. The summed E-state index contributed by atoms with van der Waals surface area (Å²) < 4.78 is 0. The van der Waals surface area contributed by atoms with Gasteiger partial charge in [0.2, 0.25) is 0 Å². The van der Waals surface area contributed by atoms with Crippen LogP contribution in [0.3, 0.4) is 0 Å². The van der Waals surface area contributed by atoms with E-state index in [0.717, 1.165) is 5.75 Å². The zero-order valence-corrected chi connectivity index (χ0v) is 11.7. The molecule has 0 aliphatic carbocycles. The summed E-state index contributed by atoms with van der Waals surface area (Å²) >= 11 is 1.82. The second-order valence-corrected chi connectivity index (χ2v) is 5.56. The first-order chi connectivity index (χ1) is 6.90. The van der Waals surface area contributed by atoms with Crippen molar-refractivity contribution in [2.75, 3.05) is 12.0 Å². The molecule has 0 aromatic heterocycles. The Morgan fingerprint density at radius 2 is 1.67 bits per heavy atom. The van der Waals surface area contributed by atoms with Crippen LogP contribution in [0, 0.1) is 0 Å². The molecular formula is C12H25NOS. The average molecular weight is 231 g/mol. The fourth-order valence-electron chi connectivity index (χ4n) is 2.21. The van der Waals surface area contributed by atoms with E-state index in [4.69, 9.17) is 0 Å². The lowest BCUT2D eigenvalue weighted by Crippen LogP contribution is -2.47. The number of hydrogen-bond acceptors (Lipinski definition) is 3. The van der Waals surface area contributed by atoms with Gasteiger partial charge in [0.05, 0.1) is 0 Å². The standard InChI is InChI=1S/C12H25NOS/c1-9(2)13(10(3)4)12(8-15-6)7-11(5)14/h9-10,12H,7-8H2,1-6H3. The van der Waals surface area contributed by atoms with E-state index in [0.29, 0.717) is 30.3 Å². The van der Waals surface area contributed by atoms with Gasteiger partial charge in [-0.05, 0) is 40.9 Å². The summed E-state index contributed by atoms with van der Waals surface area (Å²) in [5.41, 5.74) is 0. The van der Waals surface area contributed by atoms with Crippen molar-refractivity contribution >= 4 is 17.5 Å². The highest BCUT2D eigenvalue weighted by Crippen LogP contribution is 2.17. The fraction of sp³-hybridized carbons (Fsp3) is 0.917. The minimum Gasteiger partial charge on any atom is -0.300 e. The normalized spacial score (nSPS) is 13.9. The van der Waals surface area contributed by atoms with Gasteiger partial charge in [-0.3, -0.25) is 9.69 Å². The molecule has 0 aliphatic rings. The van der Waals surface area contributed by atoms with Crippen molar-refractivity contribution in [3.8, 4) is 0 Å². The van der Waals surface area contributed by atoms with Crippen LogP contribution in [0.4, 0.5) is 0 Å². The van der Waals surface area contributed by atoms with Crippen LogP contribution < -0.4 is 0 Å². The van der Waals surface area contributed by atoms with Gasteiger partial charge in [0, 0.05) is 30.3 Å². The van der Waals surface area contributed by atoms with Crippen LogP contribution in [0.5, 0.6) is 0 Å². The molecule has 0 fully saturated rings. The number of nitrogens with zero attached hydrogens (tertiary/aromatic N) is 1. The Bertz CT molecular complexity index is 184. The Labute approximate surface area is 98.8 Å². The molecule has 2 nitrogen and oxygen atoms in total. The first-order valence-corrected chi connectivity index (χ1v) is 7.05. The Hall–Kier alpha value is -0.0200. The Morgan fingerprint density at radius 1 is 1.20 bits per heavy atom. The van der Waals surface area contributed by atoms with Crippen molar-refractivity contribution in [3.63, 3.8) is 0 Å². The number of ketones is 1. The van der Waals surface area contributed by atoms with Gasteiger partial charge in [-0.2, -0.15) is 11.8 Å². The molecule has 0 heterocycles. The molecule has 1 atom stereocenters. The van der Waals surface area contributed by atoms with Gasteiger partial charge in [0.1, 0.15) is 5.78 Å². The van der Waals surface area contributed by atoms with Gasteiger partial charge < -0.3 is 0 Å². The summed E-state index contributed by atoms with van der Waals surface area (Å²) in [7, 11) is 0. The number of Topliss-reactive ketones (excluding diaryl/α,β-unsaturated/α-hetero) is 1. The van der Waals surface area contributed by atoms with Crippen molar-refractivity contribution in [2.24, 2.45) is 0 Å². The topological polar surface area (TPSA) is 20.3 Å². The summed E-state index contributed by atoms with van der Waals surface area (Å²) in [6, 6.07) is 1.39. The number of thioether (sulfide) groups is 1. The lowest BCUT2D eigenvalue weighted by molar-refractivity contribution is -0.118. The van der Waals surface area contributed by atoms with Gasteiger partial charge in [0.25, 0.3) is 0 Å². The highest BCUT2D eigenvalue weighted by molar-refractivity contribution is 7.98. The Morgan fingerprint density at radius 3 is 1.93 bits per heavy atom. The fourth-order valence-corrected chi connectivity index (χ4v) is 2.89. The largest absolute Gasteiger partial charge is 0.300 e. The van der Waals surface area contributed by atoms with E-state index in [1.807, 2.05) is 11.8 Å². The SMILES string of the molecule is CSCC(CC(C)=O)N(C(C)C)C(C)C. The molecule has 0 amide bonds. The van der Waals surface area contributed by atoms with E-state index in [2.05, 4.69) is 38.9 Å². The zero-order chi connectivity index (χ0) is 12.0. The van der Waals surface area contributed by atoms with Crippen molar-refractivity contribution in [2.45, 2.75) is 59.2 Å². The summed E-state index contributed by atoms with van der Waals surface area (Å²) in [5, 5.41) is 0. The summed E-state index contributed by atoms with van der Waals surface area (Å²) in [5.74, 6) is 1.33. The van der Waals surface area contributed by atoms with Gasteiger partial charge >= 0.3 is 0 Å². The van der Waals surface area contributed by atoms with Crippen LogP contribution in [0.15, 0.2) is 0 Å². The van der Waals surface area contributed by atoms with Gasteiger partial charge in [-0.15, -0.1) is 0 Å². The average Bonchev–Trinajstić information content (AvgIpc) is 2.01. The smallest absolute Gasteiger partial charge is 0.131 e. The molecule has 0 bridgehead atoms. The van der Waals surface area contributed by atoms with Crippen molar-refractivity contribution in [3.05, 3.63) is 0 Å². The maximum absolute atomic E-state index is 11.2. The molecule has 3 heteroatoms. The molecule has 0 saturated carbocycles. The second-order valence-electron chi connectivity index (χ2n) is 4.65. The summed E-state index contributed by atoms with van der Waals surface area (Å²) in [6.45, 7) is 10.5. The predicted molar refractivity (Wildman–Crippen MR) is 69.6 cm³/mol. The number of carbonyl (C=O) groups is 1. The van der Waals surface area contributed by atoms with Crippen molar-refractivity contribution in [1.82, 2.24) is 4.90 Å². The highest BCUT2D eigenvalue weighted by Gasteiger charge is 2.24. The molecule has 0 saturated heterocycles. The molecule has 0 radical (unpaired) electrons. The second kappa shape index (κ2) is 7.29. The van der Waals surface area contributed by atoms with Gasteiger partial charge in [-0.1, -0.05) is 0 Å². The third-order valence-electron chi connectivity index (χ3n) is 2.50. The van der Waals surface area contributed by atoms with Gasteiger partial charge in [-0.25, -0.2) is 0 Å². The molecule has 0 aromatic carbocycles. The summed E-state index contributed by atoms with van der Waals surface area (Å²) in [4.78, 5) is 13.7. The van der Waals surface area contributed by atoms with Crippen molar-refractivity contribution < 1.29 is 4.79 Å². The van der Waals surface area contributed by atoms with E-state index in [1.54, 1.807) is 6.92 Å². The predicted octanol–water partition coefficient (Wildman–Crippen LogP) is 2.82. The Balaban J connectivity index is 4.59. The highest BCUT2D eigenvalue weighted by atomic mass is 32.2. The monoisotopic (exact) mass is 231 g/mol. The number of hydrogen-bond donors (Lipinski definition) is 0. The number of carbonyl (C=O) groups excluding carboxylic acids is 1. The summed E-state index contributed by atoms with van der Waals surface area (Å²) in [6.07, 6.45) is 2.78. The van der Waals surface area contributed by atoms with Crippen LogP contribution in [0.25, 0.3) is 0 Å². The van der Waals surface area contributed by atoms with Gasteiger partial charge in [0.15, 0.2) is 0 Å².